The zero-order chi connectivity index (χ0) is 13.5. The molecule has 0 fully saturated rings. The number of nitrogens with zero attached hydrogens (tertiary/aromatic N) is 1. The first-order chi connectivity index (χ1) is 8.58. The maximum Gasteiger partial charge on any atom is 0.314 e. The van der Waals surface area contributed by atoms with Crippen molar-refractivity contribution in [3.05, 3.63) is 29.8 Å². The van der Waals surface area contributed by atoms with Gasteiger partial charge >= 0.3 is 5.97 Å². The number of carbonyl (C=O) groups is 1. The summed E-state index contributed by atoms with van der Waals surface area (Å²) in [6, 6.07) is 6.66. The summed E-state index contributed by atoms with van der Waals surface area (Å²) in [6.45, 7) is 1.71. The Balaban J connectivity index is 2.88. The summed E-state index contributed by atoms with van der Waals surface area (Å²) in [5.41, 5.74) is 1.46. The number of rotatable bonds is 5. The van der Waals surface area contributed by atoms with Gasteiger partial charge in [0.15, 0.2) is 0 Å². The summed E-state index contributed by atoms with van der Waals surface area (Å²) in [4.78, 5) is 16.4. The molecule has 0 spiro atoms. The zero-order valence-corrected chi connectivity index (χ0v) is 10.7. The van der Waals surface area contributed by atoms with Crippen molar-refractivity contribution in [1.82, 2.24) is 0 Å². The minimum absolute atomic E-state index is 0.190. The van der Waals surface area contributed by atoms with Gasteiger partial charge in [-0.15, -0.1) is 0 Å². The highest BCUT2D eigenvalue weighted by molar-refractivity contribution is 6.00. The van der Waals surface area contributed by atoms with Crippen LogP contribution in [-0.2, 0) is 20.8 Å². The van der Waals surface area contributed by atoms with E-state index in [1.807, 2.05) is 0 Å². The molecule has 0 saturated heterocycles. The summed E-state index contributed by atoms with van der Waals surface area (Å²) in [6.07, 6.45) is 0.450. The molecule has 5 nitrogen and oxygen atoms in total. The molecule has 0 heterocycles. The van der Waals surface area contributed by atoms with Gasteiger partial charge < -0.3 is 14.7 Å². The van der Waals surface area contributed by atoms with E-state index in [0.29, 0.717) is 12.1 Å². The molecule has 1 unspecified atom stereocenters. The fourth-order valence-electron chi connectivity index (χ4n) is 1.62. The fraction of sp³-hybridized carbons (Fsp3) is 0.385. The first-order valence-corrected chi connectivity index (χ1v) is 5.52. The highest BCUT2D eigenvalue weighted by atomic mass is 16.6. The van der Waals surface area contributed by atoms with Crippen LogP contribution in [0.4, 0.5) is 0 Å². The van der Waals surface area contributed by atoms with E-state index >= 15 is 0 Å². The van der Waals surface area contributed by atoms with E-state index in [0.717, 1.165) is 5.56 Å². The van der Waals surface area contributed by atoms with Gasteiger partial charge in [-0.05, 0) is 31.0 Å². The standard InChI is InChI=1S/C13H17NO4/c1-9(14-18-3)12(13(16)17-2)8-10-4-6-11(15)7-5-10/h4-7,12,15H,8H2,1-3H3/b14-9+. The second-order valence-electron chi connectivity index (χ2n) is 3.86. The lowest BCUT2D eigenvalue weighted by Crippen LogP contribution is -2.25. The van der Waals surface area contributed by atoms with Gasteiger partial charge in [-0.3, -0.25) is 4.79 Å². The van der Waals surface area contributed by atoms with Crippen LogP contribution in [0.1, 0.15) is 12.5 Å². The summed E-state index contributed by atoms with van der Waals surface area (Å²) in [7, 11) is 2.77. The van der Waals surface area contributed by atoms with Crippen molar-refractivity contribution in [2.24, 2.45) is 11.1 Å². The molecule has 0 aliphatic heterocycles. The molecule has 0 aliphatic rings. The van der Waals surface area contributed by atoms with E-state index < -0.39 is 5.92 Å². The maximum atomic E-state index is 11.7. The lowest BCUT2D eigenvalue weighted by molar-refractivity contribution is -0.143. The SMILES string of the molecule is CO/N=C(\C)C(Cc1ccc(O)cc1)C(=O)OC. The molecule has 0 bridgehead atoms. The summed E-state index contributed by atoms with van der Waals surface area (Å²) in [5.74, 6) is -0.656. The summed E-state index contributed by atoms with van der Waals surface area (Å²) < 4.78 is 4.75. The number of phenolic OH excluding ortho intramolecular Hbond substituents is 1. The van der Waals surface area contributed by atoms with Crippen molar-refractivity contribution in [2.75, 3.05) is 14.2 Å². The van der Waals surface area contributed by atoms with Crippen LogP contribution in [0.5, 0.6) is 5.75 Å². The second kappa shape index (κ2) is 6.64. The Morgan fingerprint density at radius 2 is 1.94 bits per heavy atom. The molecule has 1 N–H and O–H groups in total. The molecule has 98 valence electrons. The lowest BCUT2D eigenvalue weighted by atomic mass is 9.95. The van der Waals surface area contributed by atoms with E-state index in [-0.39, 0.29) is 11.7 Å². The number of benzene rings is 1. The van der Waals surface area contributed by atoms with Gasteiger partial charge in [0.05, 0.1) is 12.8 Å². The van der Waals surface area contributed by atoms with E-state index in [1.54, 1.807) is 31.2 Å². The molecule has 5 heteroatoms. The van der Waals surface area contributed by atoms with Gasteiger partial charge in [0.1, 0.15) is 18.8 Å². The molecule has 0 radical (unpaired) electrons. The predicted octanol–water partition coefficient (Wildman–Crippen LogP) is 1.75. The number of oxime groups is 1. The van der Waals surface area contributed by atoms with Gasteiger partial charge in [0, 0.05) is 0 Å². The number of hydrogen-bond donors (Lipinski definition) is 1. The smallest absolute Gasteiger partial charge is 0.314 e. The molecule has 1 rings (SSSR count). The van der Waals surface area contributed by atoms with E-state index in [9.17, 15) is 9.90 Å². The van der Waals surface area contributed by atoms with Crippen molar-refractivity contribution >= 4 is 11.7 Å². The third-order valence-electron chi connectivity index (χ3n) is 2.60. The van der Waals surface area contributed by atoms with Gasteiger partial charge in [-0.1, -0.05) is 17.3 Å². The molecule has 18 heavy (non-hydrogen) atoms. The average Bonchev–Trinajstić information content (AvgIpc) is 2.37. The Hall–Kier alpha value is -2.04. The maximum absolute atomic E-state index is 11.7. The highest BCUT2D eigenvalue weighted by Gasteiger charge is 2.23. The Kier molecular flexibility index (Phi) is 5.17. The lowest BCUT2D eigenvalue weighted by Gasteiger charge is -2.14. The number of ether oxygens (including phenoxy) is 1. The fourth-order valence-corrected chi connectivity index (χ4v) is 1.62. The van der Waals surface area contributed by atoms with E-state index in [2.05, 4.69) is 9.99 Å². The highest BCUT2D eigenvalue weighted by Crippen LogP contribution is 2.16. The molecule has 0 amide bonds. The third kappa shape index (κ3) is 3.76. The molecular formula is C13H17NO4. The quantitative estimate of drug-likeness (QED) is 0.492. The van der Waals surface area contributed by atoms with Crippen LogP contribution in [-0.4, -0.2) is 31.0 Å². The molecule has 1 atom stereocenters. The number of esters is 1. The van der Waals surface area contributed by atoms with Crippen molar-refractivity contribution in [1.29, 1.82) is 0 Å². The second-order valence-corrected chi connectivity index (χ2v) is 3.86. The number of methoxy groups -OCH3 is 1. The van der Waals surface area contributed by atoms with Gasteiger partial charge in [0.2, 0.25) is 0 Å². The number of aromatic hydroxyl groups is 1. The Labute approximate surface area is 106 Å². The largest absolute Gasteiger partial charge is 0.508 e. The van der Waals surface area contributed by atoms with Gasteiger partial charge in [-0.2, -0.15) is 0 Å². The monoisotopic (exact) mass is 251 g/mol. The van der Waals surface area contributed by atoms with Crippen LogP contribution in [0, 0.1) is 5.92 Å². The van der Waals surface area contributed by atoms with Crippen LogP contribution in [0.2, 0.25) is 0 Å². The van der Waals surface area contributed by atoms with Crippen molar-refractivity contribution < 1.29 is 19.5 Å². The predicted molar refractivity (Wildman–Crippen MR) is 67.4 cm³/mol. The minimum Gasteiger partial charge on any atom is -0.508 e. The van der Waals surface area contributed by atoms with E-state index in [1.165, 1.54) is 14.2 Å². The van der Waals surface area contributed by atoms with Gasteiger partial charge in [0.25, 0.3) is 0 Å². The normalized spacial score (nSPS) is 12.9. The molecule has 1 aromatic rings. The van der Waals surface area contributed by atoms with Crippen LogP contribution in [0.3, 0.4) is 0 Å². The third-order valence-corrected chi connectivity index (χ3v) is 2.60. The summed E-state index contributed by atoms with van der Waals surface area (Å²) in [5, 5.41) is 13.0. The zero-order valence-electron chi connectivity index (χ0n) is 10.7. The van der Waals surface area contributed by atoms with Crippen LogP contribution in [0.15, 0.2) is 29.4 Å². The van der Waals surface area contributed by atoms with Crippen molar-refractivity contribution in [3.63, 3.8) is 0 Å². The minimum atomic E-state index is -0.487. The topological polar surface area (TPSA) is 68.1 Å². The first-order valence-electron chi connectivity index (χ1n) is 5.52. The molecular weight excluding hydrogens is 234 g/mol. The van der Waals surface area contributed by atoms with E-state index in [4.69, 9.17) is 4.74 Å². The van der Waals surface area contributed by atoms with Crippen molar-refractivity contribution in [3.8, 4) is 5.75 Å². The first kappa shape index (κ1) is 14.0. The summed E-state index contributed by atoms with van der Waals surface area (Å²) >= 11 is 0. The number of phenols is 1. The number of hydrogen-bond acceptors (Lipinski definition) is 5. The van der Waals surface area contributed by atoms with Crippen molar-refractivity contribution in [2.45, 2.75) is 13.3 Å². The Morgan fingerprint density at radius 1 is 1.33 bits per heavy atom. The molecule has 0 aliphatic carbocycles. The van der Waals surface area contributed by atoms with Crippen LogP contribution >= 0.6 is 0 Å². The number of carbonyl (C=O) groups excluding carboxylic acids is 1. The Morgan fingerprint density at radius 3 is 2.44 bits per heavy atom. The molecule has 1 aromatic carbocycles. The average molecular weight is 251 g/mol. The molecule has 0 saturated carbocycles. The van der Waals surface area contributed by atoms with Crippen LogP contribution in [0.25, 0.3) is 0 Å². The molecule has 0 aromatic heterocycles. The van der Waals surface area contributed by atoms with Crippen LogP contribution < -0.4 is 0 Å². The van der Waals surface area contributed by atoms with Gasteiger partial charge in [-0.25, -0.2) is 0 Å². The Bertz CT molecular complexity index is 425.